The largest absolute Gasteiger partial charge is 0.295 e. The van der Waals surface area contributed by atoms with E-state index in [9.17, 15) is 4.79 Å². The van der Waals surface area contributed by atoms with Crippen LogP contribution in [0.15, 0.2) is 24.8 Å². The van der Waals surface area contributed by atoms with Crippen LogP contribution in [-0.2, 0) is 4.79 Å². The normalized spacial score (nSPS) is 9.62. The molecule has 0 radical (unpaired) electrons. The predicted octanol–water partition coefficient (Wildman–Crippen LogP) is 1.71. The summed E-state index contributed by atoms with van der Waals surface area (Å²) in [4.78, 5) is 10.2. The molecule has 0 unspecified atom stereocenters. The van der Waals surface area contributed by atoms with Gasteiger partial charge in [0.2, 0.25) is 0 Å². The zero-order chi connectivity index (χ0) is 6.41. The third kappa shape index (κ3) is 5.15. The van der Waals surface area contributed by atoms with E-state index in [1.54, 1.807) is 18.2 Å². The lowest BCUT2D eigenvalue weighted by Gasteiger charge is -1.76. The molecule has 0 atom stereocenters. The van der Waals surface area contributed by atoms with E-state index < -0.39 is 0 Å². The number of hydrogen-bond donors (Lipinski definition) is 0. The van der Waals surface area contributed by atoms with Gasteiger partial charge in [-0.25, -0.2) is 0 Å². The fourth-order valence-corrected chi connectivity index (χ4v) is 0.330. The van der Waals surface area contributed by atoms with Crippen molar-refractivity contribution in [1.29, 1.82) is 0 Å². The summed E-state index contributed by atoms with van der Waals surface area (Å²) in [6.45, 7) is 5.02. The molecule has 0 saturated heterocycles. The molecule has 0 aromatic rings. The average Bonchev–Trinajstić information content (AvgIpc) is 1.66. The van der Waals surface area contributed by atoms with Crippen molar-refractivity contribution in [2.24, 2.45) is 0 Å². The van der Waals surface area contributed by atoms with E-state index in [1.165, 1.54) is 6.92 Å². The first-order valence-corrected chi connectivity index (χ1v) is 2.55. The van der Waals surface area contributed by atoms with Gasteiger partial charge in [0.15, 0.2) is 5.78 Å². The fourth-order valence-electron chi connectivity index (χ4n) is 0.330. The minimum atomic E-state index is 0.0897. The van der Waals surface area contributed by atoms with Crippen LogP contribution in [0, 0.1) is 0 Å². The summed E-state index contributed by atoms with van der Waals surface area (Å²) in [5.74, 6) is 0.0897. The summed E-state index contributed by atoms with van der Waals surface area (Å²) in [5.41, 5.74) is 0. The number of hydrogen-bond acceptors (Lipinski definition) is 1. The lowest BCUT2D eigenvalue weighted by atomic mass is 10.3. The molecule has 1 heteroatoms. The SMILES string of the molecule is C=CC/C=C\C(C)=O. The highest BCUT2D eigenvalue weighted by atomic mass is 16.1. The van der Waals surface area contributed by atoms with Gasteiger partial charge in [0.05, 0.1) is 0 Å². The van der Waals surface area contributed by atoms with Gasteiger partial charge < -0.3 is 0 Å². The lowest BCUT2D eigenvalue weighted by Crippen LogP contribution is -1.77. The van der Waals surface area contributed by atoms with E-state index in [-0.39, 0.29) is 5.78 Å². The maximum atomic E-state index is 10.2. The second-order valence-corrected chi connectivity index (χ2v) is 1.54. The summed E-state index contributed by atoms with van der Waals surface area (Å²) in [5, 5.41) is 0. The fraction of sp³-hybridized carbons (Fsp3) is 0.286. The summed E-state index contributed by atoms with van der Waals surface area (Å²) >= 11 is 0. The molecule has 0 fully saturated rings. The van der Waals surface area contributed by atoms with Crippen molar-refractivity contribution in [2.45, 2.75) is 13.3 Å². The van der Waals surface area contributed by atoms with Crippen LogP contribution in [0.4, 0.5) is 0 Å². The van der Waals surface area contributed by atoms with Crippen LogP contribution in [0.2, 0.25) is 0 Å². The van der Waals surface area contributed by atoms with Gasteiger partial charge >= 0.3 is 0 Å². The number of carbonyl (C=O) groups is 1. The molecule has 0 rings (SSSR count). The second kappa shape index (κ2) is 4.31. The third-order valence-corrected chi connectivity index (χ3v) is 0.655. The zero-order valence-corrected chi connectivity index (χ0v) is 5.05. The highest BCUT2D eigenvalue weighted by molar-refractivity contribution is 5.87. The summed E-state index contributed by atoms with van der Waals surface area (Å²) in [7, 11) is 0. The molecule has 0 aliphatic heterocycles. The Morgan fingerprint density at radius 1 is 1.75 bits per heavy atom. The smallest absolute Gasteiger partial charge is 0.152 e. The maximum Gasteiger partial charge on any atom is 0.152 e. The first-order chi connectivity index (χ1) is 3.77. The molecular formula is C7H10O. The highest BCUT2D eigenvalue weighted by Crippen LogP contribution is 1.82. The van der Waals surface area contributed by atoms with Gasteiger partial charge in [0.1, 0.15) is 0 Å². The summed E-state index contributed by atoms with van der Waals surface area (Å²) in [6, 6.07) is 0. The Morgan fingerprint density at radius 2 is 2.38 bits per heavy atom. The average molecular weight is 110 g/mol. The van der Waals surface area contributed by atoms with Crippen molar-refractivity contribution in [3.63, 3.8) is 0 Å². The van der Waals surface area contributed by atoms with Crippen LogP contribution in [0.25, 0.3) is 0 Å². The van der Waals surface area contributed by atoms with Crippen LogP contribution in [0.3, 0.4) is 0 Å². The third-order valence-electron chi connectivity index (χ3n) is 0.655. The molecule has 0 bridgehead atoms. The van der Waals surface area contributed by atoms with Gasteiger partial charge in [-0.1, -0.05) is 12.2 Å². The minimum Gasteiger partial charge on any atom is -0.295 e. The van der Waals surface area contributed by atoms with Crippen LogP contribution in [-0.4, -0.2) is 5.78 Å². The first kappa shape index (κ1) is 7.15. The molecule has 0 aliphatic rings. The zero-order valence-electron chi connectivity index (χ0n) is 5.05. The molecule has 0 spiro atoms. The molecule has 0 aliphatic carbocycles. The Balaban J connectivity index is 3.34. The minimum absolute atomic E-state index is 0.0897. The standard InChI is InChI=1S/C7H10O/c1-3-4-5-6-7(2)8/h3,5-6H,1,4H2,2H3/b6-5-. The number of ketones is 1. The monoisotopic (exact) mass is 110 g/mol. The Morgan fingerprint density at radius 3 is 2.75 bits per heavy atom. The van der Waals surface area contributed by atoms with Gasteiger partial charge in [0.25, 0.3) is 0 Å². The molecule has 0 aromatic carbocycles. The molecule has 0 amide bonds. The Bertz CT molecular complexity index is 112. The van der Waals surface area contributed by atoms with E-state index >= 15 is 0 Å². The van der Waals surface area contributed by atoms with Gasteiger partial charge in [0, 0.05) is 0 Å². The van der Waals surface area contributed by atoms with Gasteiger partial charge in [-0.15, -0.1) is 6.58 Å². The Hall–Kier alpha value is -0.850. The van der Waals surface area contributed by atoms with Crippen molar-refractivity contribution >= 4 is 5.78 Å². The lowest BCUT2D eigenvalue weighted by molar-refractivity contribution is -0.112. The molecule has 8 heavy (non-hydrogen) atoms. The van der Waals surface area contributed by atoms with E-state index in [4.69, 9.17) is 0 Å². The van der Waals surface area contributed by atoms with Gasteiger partial charge in [-0.3, -0.25) is 4.79 Å². The van der Waals surface area contributed by atoms with Crippen molar-refractivity contribution in [2.75, 3.05) is 0 Å². The molecule has 0 N–H and O–H groups in total. The van der Waals surface area contributed by atoms with Crippen LogP contribution in [0.1, 0.15) is 13.3 Å². The molecule has 0 heterocycles. The van der Waals surface area contributed by atoms with Crippen molar-refractivity contribution < 1.29 is 4.79 Å². The van der Waals surface area contributed by atoms with E-state index in [0.717, 1.165) is 6.42 Å². The number of rotatable bonds is 3. The summed E-state index contributed by atoms with van der Waals surface area (Å²) in [6.07, 6.45) is 5.86. The number of carbonyl (C=O) groups excluding carboxylic acids is 1. The highest BCUT2D eigenvalue weighted by Gasteiger charge is 1.76. The maximum absolute atomic E-state index is 10.2. The van der Waals surface area contributed by atoms with Crippen molar-refractivity contribution in [1.82, 2.24) is 0 Å². The Labute approximate surface area is 49.7 Å². The number of allylic oxidation sites excluding steroid dienone is 3. The van der Waals surface area contributed by atoms with E-state index in [1.807, 2.05) is 0 Å². The first-order valence-electron chi connectivity index (χ1n) is 2.55. The molecule has 0 aromatic heterocycles. The Kier molecular flexibility index (Phi) is 3.85. The molecule has 1 nitrogen and oxygen atoms in total. The van der Waals surface area contributed by atoms with Crippen molar-refractivity contribution in [3.8, 4) is 0 Å². The second-order valence-electron chi connectivity index (χ2n) is 1.54. The van der Waals surface area contributed by atoms with E-state index in [2.05, 4.69) is 6.58 Å². The summed E-state index contributed by atoms with van der Waals surface area (Å²) < 4.78 is 0. The van der Waals surface area contributed by atoms with Crippen molar-refractivity contribution in [3.05, 3.63) is 24.8 Å². The van der Waals surface area contributed by atoms with E-state index in [0.29, 0.717) is 0 Å². The quantitative estimate of drug-likeness (QED) is 0.399. The molecule has 44 valence electrons. The predicted molar refractivity (Wildman–Crippen MR) is 34.6 cm³/mol. The van der Waals surface area contributed by atoms with Gasteiger partial charge in [-0.05, 0) is 19.4 Å². The van der Waals surface area contributed by atoms with Crippen LogP contribution >= 0.6 is 0 Å². The molecular weight excluding hydrogens is 100 g/mol. The molecule has 0 saturated carbocycles. The van der Waals surface area contributed by atoms with Gasteiger partial charge in [-0.2, -0.15) is 0 Å². The van der Waals surface area contributed by atoms with Crippen LogP contribution in [0.5, 0.6) is 0 Å². The topological polar surface area (TPSA) is 17.1 Å². The van der Waals surface area contributed by atoms with Crippen LogP contribution < -0.4 is 0 Å².